The zero-order valence-electron chi connectivity index (χ0n) is 13.1. The fourth-order valence-electron chi connectivity index (χ4n) is 2.56. The number of thiophene rings is 1. The number of amides is 1. The molecule has 2 aromatic heterocycles. The first-order valence-corrected chi connectivity index (χ1v) is 8.66. The lowest BCUT2D eigenvalue weighted by atomic mass is 9.94. The number of hydrogen-bond acceptors (Lipinski definition) is 4. The van der Waals surface area contributed by atoms with Crippen molar-refractivity contribution in [3.8, 4) is 0 Å². The van der Waals surface area contributed by atoms with Crippen LogP contribution in [0.5, 0.6) is 0 Å². The van der Waals surface area contributed by atoms with Gasteiger partial charge in [0.05, 0.1) is 19.1 Å². The number of hydrogen-bond donors (Lipinski definition) is 2. The Labute approximate surface area is 144 Å². The van der Waals surface area contributed by atoms with Crippen LogP contribution in [-0.4, -0.2) is 17.6 Å². The average molecular weight is 341 g/mol. The quantitative estimate of drug-likeness (QED) is 0.693. The lowest BCUT2D eigenvalue weighted by molar-refractivity contribution is -0.122. The highest BCUT2D eigenvalue weighted by Crippen LogP contribution is 2.32. The third-order valence-corrected chi connectivity index (χ3v) is 4.97. The standard InChI is InChI=1S/C19H19NO3S/c21-18(9-8-15-5-2-1-3-6-15)20-14-19(22,16-10-11-23-13-16)17-7-4-12-24-17/h1-7,10-13,22H,8-9,14H2,(H,20,21). The number of carbonyl (C=O) groups excluding carboxylic acids is 1. The topological polar surface area (TPSA) is 62.5 Å². The smallest absolute Gasteiger partial charge is 0.220 e. The molecule has 4 nitrogen and oxygen atoms in total. The van der Waals surface area contributed by atoms with E-state index in [0.717, 1.165) is 10.4 Å². The molecule has 0 aliphatic rings. The van der Waals surface area contributed by atoms with Crippen LogP contribution in [0.1, 0.15) is 22.4 Å². The van der Waals surface area contributed by atoms with Gasteiger partial charge in [-0.3, -0.25) is 4.79 Å². The Hall–Kier alpha value is -2.37. The summed E-state index contributed by atoms with van der Waals surface area (Å²) in [6.07, 6.45) is 4.09. The number of carbonyl (C=O) groups is 1. The van der Waals surface area contributed by atoms with E-state index in [1.54, 1.807) is 6.07 Å². The summed E-state index contributed by atoms with van der Waals surface area (Å²) in [6, 6.07) is 15.3. The molecule has 0 saturated carbocycles. The zero-order valence-corrected chi connectivity index (χ0v) is 14.0. The summed E-state index contributed by atoms with van der Waals surface area (Å²) >= 11 is 1.45. The molecule has 0 radical (unpaired) electrons. The average Bonchev–Trinajstić information content (AvgIpc) is 3.32. The Bertz CT molecular complexity index is 717. The molecular formula is C19H19NO3S. The third-order valence-electron chi connectivity index (χ3n) is 3.95. The summed E-state index contributed by atoms with van der Waals surface area (Å²) in [5.41, 5.74) is 0.480. The van der Waals surface area contributed by atoms with E-state index in [0.29, 0.717) is 18.4 Å². The van der Waals surface area contributed by atoms with Crippen molar-refractivity contribution in [2.75, 3.05) is 6.54 Å². The molecule has 124 valence electrons. The lowest BCUT2D eigenvalue weighted by Gasteiger charge is -2.26. The minimum absolute atomic E-state index is 0.0858. The van der Waals surface area contributed by atoms with E-state index < -0.39 is 5.60 Å². The van der Waals surface area contributed by atoms with Crippen LogP contribution in [0.4, 0.5) is 0 Å². The van der Waals surface area contributed by atoms with Crippen LogP contribution in [0.25, 0.3) is 0 Å². The molecule has 0 aliphatic heterocycles. The van der Waals surface area contributed by atoms with Crippen LogP contribution in [0.3, 0.4) is 0 Å². The molecule has 3 rings (SSSR count). The van der Waals surface area contributed by atoms with Crippen molar-refractivity contribution < 1.29 is 14.3 Å². The van der Waals surface area contributed by atoms with Crippen LogP contribution in [-0.2, 0) is 16.8 Å². The highest BCUT2D eigenvalue weighted by atomic mass is 32.1. The normalized spacial score (nSPS) is 13.4. The number of aliphatic hydroxyl groups is 1. The SMILES string of the molecule is O=C(CCc1ccccc1)NCC(O)(c1ccoc1)c1cccs1. The van der Waals surface area contributed by atoms with Gasteiger partial charge in [-0.1, -0.05) is 36.4 Å². The highest BCUT2D eigenvalue weighted by Gasteiger charge is 2.34. The van der Waals surface area contributed by atoms with Crippen molar-refractivity contribution in [2.24, 2.45) is 0 Å². The van der Waals surface area contributed by atoms with Gasteiger partial charge < -0.3 is 14.8 Å². The molecule has 1 aromatic carbocycles. The Morgan fingerprint density at radius 3 is 2.67 bits per heavy atom. The van der Waals surface area contributed by atoms with Gasteiger partial charge in [0.15, 0.2) is 0 Å². The number of furan rings is 1. The minimum atomic E-state index is -1.27. The first-order chi connectivity index (χ1) is 11.7. The van der Waals surface area contributed by atoms with Gasteiger partial charge in [0, 0.05) is 16.9 Å². The lowest BCUT2D eigenvalue weighted by Crippen LogP contribution is -2.41. The third kappa shape index (κ3) is 3.75. The largest absolute Gasteiger partial charge is 0.472 e. The first-order valence-electron chi connectivity index (χ1n) is 7.78. The van der Waals surface area contributed by atoms with Crippen molar-refractivity contribution in [1.82, 2.24) is 5.32 Å². The second-order valence-corrected chi connectivity index (χ2v) is 6.56. The molecule has 0 spiro atoms. The van der Waals surface area contributed by atoms with Gasteiger partial charge >= 0.3 is 0 Å². The van der Waals surface area contributed by atoms with Crippen molar-refractivity contribution >= 4 is 17.2 Å². The van der Waals surface area contributed by atoms with Crippen LogP contribution in [0, 0.1) is 0 Å². The van der Waals surface area contributed by atoms with Crippen molar-refractivity contribution in [3.63, 3.8) is 0 Å². The van der Waals surface area contributed by atoms with E-state index in [1.165, 1.54) is 23.9 Å². The molecule has 1 atom stereocenters. The van der Waals surface area contributed by atoms with E-state index in [4.69, 9.17) is 4.42 Å². The van der Waals surface area contributed by atoms with Crippen molar-refractivity contribution in [2.45, 2.75) is 18.4 Å². The van der Waals surface area contributed by atoms with Crippen LogP contribution >= 0.6 is 11.3 Å². The Morgan fingerprint density at radius 2 is 2.00 bits per heavy atom. The monoisotopic (exact) mass is 341 g/mol. The molecule has 0 bridgehead atoms. The predicted octanol–water partition coefficient (Wildman–Crippen LogP) is 3.33. The molecule has 1 unspecified atom stereocenters. The van der Waals surface area contributed by atoms with E-state index in [1.807, 2.05) is 47.8 Å². The van der Waals surface area contributed by atoms with Crippen LogP contribution in [0.15, 0.2) is 70.9 Å². The highest BCUT2D eigenvalue weighted by molar-refractivity contribution is 7.10. The number of benzene rings is 1. The number of aryl methyl sites for hydroxylation is 1. The molecule has 0 fully saturated rings. The van der Waals surface area contributed by atoms with E-state index >= 15 is 0 Å². The molecule has 2 heterocycles. The summed E-state index contributed by atoms with van der Waals surface area (Å²) in [4.78, 5) is 12.9. The maximum Gasteiger partial charge on any atom is 0.220 e. The zero-order chi connectivity index (χ0) is 16.8. The molecular weight excluding hydrogens is 322 g/mol. The van der Waals surface area contributed by atoms with Crippen molar-refractivity contribution in [1.29, 1.82) is 0 Å². The second kappa shape index (κ2) is 7.47. The summed E-state index contributed by atoms with van der Waals surface area (Å²) in [7, 11) is 0. The van der Waals surface area contributed by atoms with Gasteiger partial charge in [0.25, 0.3) is 0 Å². The Balaban J connectivity index is 1.63. The Morgan fingerprint density at radius 1 is 1.17 bits per heavy atom. The molecule has 0 saturated heterocycles. The Kier molecular flexibility index (Phi) is 5.13. The predicted molar refractivity (Wildman–Crippen MR) is 93.8 cm³/mol. The summed E-state index contributed by atoms with van der Waals surface area (Å²) in [5.74, 6) is -0.0858. The molecule has 2 N–H and O–H groups in total. The van der Waals surface area contributed by atoms with Gasteiger partial charge in [-0.15, -0.1) is 11.3 Å². The molecule has 1 amide bonds. The summed E-state index contributed by atoms with van der Waals surface area (Å²) in [5, 5.41) is 15.8. The number of nitrogens with one attached hydrogen (secondary N) is 1. The van der Waals surface area contributed by atoms with Gasteiger partial charge in [0.2, 0.25) is 5.91 Å². The number of rotatable bonds is 7. The van der Waals surface area contributed by atoms with Crippen LogP contribution < -0.4 is 5.32 Å². The maximum atomic E-state index is 12.2. The van der Waals surface area contributed by atoms with Gasteiger partial charge in [-0.25, -0.2) is 0 Å². The molecule has 3 aromatic rings. The maximum absolute atomic E-state index is 12.2. The first kappa shape index (κ1) is 16.5. The van der Waals surface area contributed by atoms with E-state index in [2.05, 4.69) is 5.32 Å². The fraction of sp³-hybridized carbons (Fsp3) is 0.211. The minimum Gasteiger partial charge on any atom is -0.472 e. The van der Waals surface area contributed by atoms with Gasteiger partial charge in [0.1, 0.15) is 5.60 Å². The van der Waals surface area contributed by atoms with Crippen molar-refractivity contribution in [3.05, 3.63) is 82.4 Å². The molecule has 5 heteroatoms. The summed E-state index contributed by atoms with van der Waals surface area (Å²) in [6.45, 7) is 0.112. The second-order valence-electron chi connectivity index (χ2n) is 5.61. The van der Waals surface area contributed by atoms with Gasteiger partial charge in [-0.05, 0) is 29.5 Å². The molecule has 24 heavy (non-hydrogen) atoms. The summed E-state index contributed by atoms with van der Waals surface area (Å²) < 4.78 is 5.10. The van der Waals surface area contributed by atoms with Crippen LogP contribution in [0.2, 0.25) is 0 Å². The molecule has 0 aliphatic carbocycles. The van der Waals surface area contributed by atoms with E-state index in [9.17, 15) is 9.90 Å². The van der Waals surface area contributed by atoms with Gasteiger partial charge in [-0.2, -0.15) is 0 Å². The van der Waals surface area contributed by atoms with E-state index in [-0.39, 0.29) is 12.5 Å². The fourth-order valence-corrected chi connectivity index (χ4v) is 3.41.